The fourth-order valence-corrected chi connectivity index (χ4v) is 6.11. The molecule has 0 aliphatic rings. The molecule has 0 saturated carbocycles. The van der Waals surface area contributed by atoms with Gasteiger partial charge in [0.15, 0.2) is 21.5 Å². The molecule has 0 spiro atoms. The van der Waals surface area contributed by atoms with Crippen molar-refractivity contribution >= 4 is 37.4 Å². The maximum Gasteiger partial charge on any atom is 0.288 e. The number of sulfone groups is 1. The molecule has 5 rings (SSSR count). The Hall–Kier alpha value is -6.68. The molecule has 22 heteroatoms. The molecule has 3 N–H and O–H groups in total. The number of sulfonamides is 1. The summed E-state index contributed by atoms with van der Waals surface area (Å²) in [6.45, 7) is 1.44. The molecule has 0 saturated heterocycles. The number of methoxy groups -OCH3 is 6. The molecule has 1 amide bonds. The first-order valence-corrected chi connectivity index (χ1v) is 20.6. The summed E-state index contributed by atoms with van der Waals surface area (Å²) in [5.74, 6) is 1.42. The molecule has 0 fully saturated rings. The fraction of sp³-hybridized carbons (Fsp3) is 0.278. The third kappa shape index (κ3) is 11.4. The van der Waals surface area contributed by atoms with Crippen molar-refractivity contribution in [2.75, 3.05) is 60.0 Å². The summed E-state index contributed by atoms with van der Waals surface area (Å²) in [5.41, 5.74) is 6.12. The third-order valence-electron chi connectivity index (χ3n) is 7.63. The SMILES string of the molecule is CCS(=O)(=O)N=C(NNC(=O)c1cccc(OC)n1)Nc1c(OC)cccc1OC.COc1cccc(-c2nnc(CS(C)(=O)=O)n2-c2c(OC)cccc2OC)n1. The van der Waals surface area contributed by atoms with Crippen molar-refractivity contribution in [2.24, 2.45) is 4.40 Å². The number of guanidine groups is 1. The molecule has 0 unspecified atom stereocenters. The lowest BCUT2D eigenvalue weighted by Gasteiger charge is -2.17. The molecule has 20 nitrogen and oxygen atoms in total. The number of para-hydroxylation sites is 2. The first-order valence-electron chi connectivity index (χ1n) is 16.9. The smallest absolute Gasteiger partial charge is 0.288 e. The lowest BCUT2D eigenvalue weighted by molar-refractivity contribution is 0.0938. The van der Waals surface area contributed by atoms with E-state index in [1.54, 1.807) is 71.3 Å². The molecule has 0 radical (unpaired) electrons. The van der Waals surface area contributed by atoms with Gasteiger partial charge < -0.3 is 33.7 Å². The molecule has 0 bridgehead atoms. The molecular formula is C36H43N9O11S2. The van der Waals surface area contributed by atoms with E-state index in [1.807, 2.05) is 0 Å². The minimum atomic E-state index is -3.81. The van der Waals surface area contributed by atoms with Gasteiger partial charge in [-0.1, -0.05) is 24.3 Å². The Morgan fingerprint density at radius 3 is 1.76 bits per heavy atom. The van der Waals surface area contributed by atoms with Crippen LogP contribution in [0.3, 0.4) is 0 Å². The average molecular weight is 842 g/mol. The van der Waals surface area contributed by atoms with Crippen LogP contribution in [0.2, 0.25) is 0 Å². The summed E-state index contributed by atoms with van der Waals surface area (Å²) >= 11 is 0. The predicted molar refractivity (Wildman–Crippen MR) is 214 cm³/mol. The summed E-state index contributed by atoms with van der Waals surface area (Å²) in [5, 5.41) is 11.1. The molecule has 0 aliphatic heterocycles. The Labute approximate surface area is 335 Å². The summed E-state index contributed by atoms with van der Waals surface area (Å²) in [7, 11) is 1.68. The van der Waals surface area contributed by atoms with Gasteiger partial charge in [0.1, 0.15) is 51.5 Å². The number of carbonyl (C=O) groups is 1. The number of nitrogens with zero attached hydrogens (tertiary/aromatic N) is 6. The topological polar surface area (TPSA) is 246 Å². The van der Waals surface area contributed by atoms with Crippen LogP contribution in [-0.2, 0) is 25.6 Å². The quantitative estimate of drug-likeness (QED) is 0.0826. The van der Waals surface area contributed by atoms with Crippen LogP contribution in [0.15, 0.2) is 77.2 Å². The minimum Gasteiger partial charge on any atom is -0.494 e. The van der Waals surface area contributed by atoms with E-state index in [2.05, 4.69) is 40.7 Å². The van der Waals surface area contributed by atoms with Crippen LogP contribution in [0.4, 0.5) is 5.69 Å². The van der Waals surface area contributed by atoms with Crippen LogP contribution in [0.25, 0.3) is 17.2 Å². The fourth-order valence-electron chi connectivity index (χ4n) is 4.96. The summed E-state index contributed by atoms with van der Waals surface area (Å²) < 4.78 is 84.9. The molecule has 0 aliphatic carbocycles. The lowest BCUT2D eigenvalue weighted by Crippen LogP contribution is -2.45. The van der Waals surface area contributed by atoms with Gasteiger partial charge in [-0.3, -0.25) is 20.2 Å². The van der Waals surface area contributed by atoms with E-state index in [0.29, 0.717) is 51.8 Å². The van der Waals surface area contributed by atoms with E-state index in [-0.39, 0.29) is 34.9 Å². The van der Waals surface area contributed by atoms with Gasteiger partial charge >= 0.3 is 0 Å². The lowest BCUT2D eigenvalue weighted by atomic mass is 10.2. The van der Waals surface area contributed by atoms with Gasteiger partial charge in [-0.05, 0) is 43.3 Å². The molecule has 2 aromatic carbocycles. The number of nitrogens with one attached hydrogen (secondary N) is 3. The number of anilines is 1. The molecule has 58 heavy (non-hydrogen) atoms. The third-order valence-corrected chi connectivity index (χ3v) is 9.61. The number of rotatable bonds is 14. The summed E-state index contributed by atoms with van der Waals surface area (Å²) in [6.07, 6.45) is 1.13. The second kappa shape index (κ2) is 20.0. The van der Waals surface area contributed by atoms with Crippen LogP contribution < -0.4 is 44.6 Å². The van der Waals surface area contributed by atoms with Gasteiger partial charge in [0.25, 0.3) is 15.9 Å². The number of hydrogen-bond donors (Lipinski definition) is 3. The highest BCUT2D eigenvalue weighted by Gasteiger charge is 2.25. The van der Waals surface area contributed by atoms with Gasteiger partial charge in [-0.2, -0.15) is 0 Å². The number of pyridine rings is 2. The predicted octanol–water partition coefficient (Wildman–Crippen LogP) is 3.06. The van der Waals surface area contributed by atoms with Crippen LogP contribution in [0.5, 0.6) is 34.8 Å². The van der Waals surface area contributed by atoms with Gasteiger partial charge in [0.05, 0.1) is 48.4 Å². The van der Waals surface area contributed by atoms with Gasteiger partial charge in [0, 0.05) is 18.4 Å². The van der Waals surface area contributed by atoms with E-state index in [1.165, 1.54) is 55.6 Å². The molecule has 3 aromatic heterocycles. The number of aromatic nitrogens is 5. The highest BCUT2D eigenvalue weighted by atomic mass is 32.2. The number of amides is 1. The molecule has 3 heterocycles. The van der Waals surface area contributed by atoms with Crippen molar-refractivity contribution < 1.29 is 50.1 Å². The first-order chi connectivity index (χ1) is 27.7. The Balaban J connectivity index is 0.000000257. The van der Waals surface area contributed by atoms with E-state index < -0.39 is 25.8 Å². The molecular weight excluding hydrogens is 799 g/mol. The van der Waals surface area contributed by atoms with Crippen molar-refractivity contribution in [3.05, 3.63) is 84.3 Å². The zero-order chi connectivity index (χ0) is 42.5. The standard InChI is InChI=1S/C18H23N5O6S.C18H20N4O5S/c1-5-30(25,26)23-18(20-16-13(27-2)9-7-10-14(16)28-3)22-21-17(24)12-8-6-11-15(19-12)29-4;1-25-13-8-6-9-14(26-2)17(13)22-15(11-28(4,23)24)20-21-18(22)12-7-5-10-16(19-12)27-3/h6-11H,5H2,1-4H3,(H,21,24)(H2,20,22,23);5-10H,11H2,1-4H3. The maximum atomic E-state index is 12.4. The minimum absolute atomic E-state index is 0.0504. The van der Waals surface area contributed by atoms with Gasteiger partial charge in [-0.15, -0.1) is 14.6 Å². The van der Waals surface area contributed by atoms with Crippen molar-refractivity contribution in [2.45, 2.75) is 12.7 Å². The number of ether oxygens (including phenoxy) is 6. The number of hydrazine groups is 1. The highest BCUT2D eigenvalue weighted by Crippen LogP contribution is 2.37. The maximum absolute atomic E-state index is 12.4. The highest BCUT2D eigenvalue weighted by molar-refractivity contribution is 7.90. The van der Waals surface area contributed by atoms with E-state index in [9.17, 15) is 21.6 Å². The Bertz CT molecular complexity index is 2420. The van der Waals surface area contributed by atoms with Crippen LogP contribution in [0, 0.1) is 0 Å². The largest absolute Gasteiger partial charge is 0.494 e. The number of hydrogen-bond acceptors (Lipinski definition) is 15. The van der Waals surface area contributed by atoms with Crippen molar-refractivity contribution in [3.8, 4) is 52.0 Å². The van der Waals surface area contributed by atoms with Crippen molar-refractivity contribution in [1.82, 2.24) is 35.6 Å². The number of benzene rings is 2. The first kappa shape index (κ1) is 44.0. The normalized spacial score (nSPS) is 11.3. The average Bonchev–Trinajstić information content (AvgIpc) is 3.63. The number of carbonyl (C=O) groups excluding carboxylic acids is 1. The van der Waals surface area contributed by atoms with Crippen LogP contribution in [-0.4, -0.2) is 108 Å². The monoisotopic (exact) mass is 841 g/mol. The van der Waals surface area contributed by atoms with E-state index in [4.69, 9.17) is 28.4 Å². The van der Waals surface area contributed by atoms with E-state index in [0.717, 1.165) is 6.26 Å². The second-order valence-corrected chi connectivity index (χ2v) is 15.6. The Morgan fingerprint density at radius 2 is 1.22 bits per heavy atom. The second-order valence-electron chi connectivity index (χ2n) is 11.5. The molecule has 5 aromatic rings. The van der Waals surface area contributed by atoms with Crippen molar-refractivity contribution in [3.63, 3.8) is 0 Å². The molecule has 0 atom stereocenters. The summed E-state index contributed by atoms with van der Waals surface area (Å²) in [4.78, 5) is 20.8. The Kier molecular flexibility index (Phi) is 15.2. The molecule has 310 valence electrons. The zero-order valence-corrected chi connectivity index (χ0v) is 34.5. The van der Waals surface area contributed by atoms with Gasteiger partial charge in [-0.25, -0.2) is 26.8 Å². The van der Waals surface area contributed by atoms with Gasteiger partial charge in [0.2, 0.25) is 17.7 Å². The van der Waals surface area contributed by atoms with Crippen LogP contribution in [0.1, 0.15) is 23.2 Å². The van der Waals surface area contributed by atoms with E-state index >= 15 is 0 Å². The van der Waals surface area contributed by atoms with Crippen molar-refractivity contribution in [1.29, 1.82) is 0 Å². The zero-order valence-electron chi connectivity index (χ0n) is 32.8. The summed E-state index contributed by atoms with van der Waals surface area (Å²) in [6, 6.07) is 20.1. The van der Waals surface area contributed by atoms with Crippen LogP contribution >= 0.6 is 0 Å². The Morgan fingerprint density at radius 1 is 0.690 bits per heavy atom.